The topological polar surface area (TPSA) is 102 Å². The van der Waals surface area contributed by atoms with Crippen molar-refractivity contribution in [1.82, 2.24) is 0 Å². The summed E-state index contributed by atoms with van der Waals surface area (Å²) in [5, 5.41) is 11.3. The van der Waals surface area contributed by atoms with E-state index >= 15 is 0 Å². The zero-order valence-electron chi connectivity index (χ0n) is 11.3. The molecule has 7 heteroatoms. The Kier molecular flexibility index (Phi) is 4.68. The SMILES string of the molecule is CC(C)(C)OC(=O)Nc1ccc(C(=O)O)c(OC=O)c1. The molecule has 0 unspecified atom stereocenters. The van der Waals surface area contributed by atoms with Crippen molar-refractivity contribution in [3.05, 3.63) is 23.8 Å². The van der Waals surface area contributed by atoms with Gasteiger partial charge in [-0.1, -0.05) is 0 Å². The van der Waals surface area contributed by atoms with Crippen LogP contribution in [0.3, 0.4) is 0 Å². The van der Waals surface area contributed by atoms with Crippen molar-refractivity contribution in [1.29, 1.82) is 0 Å². The molecule has 0 saturated carbocycles. The fourth-order valence-electron chi connectivity index (χ4n) is 1.35. The van der Waals surface area contributed by atoms with Crippen molar-refractivity contribution in [2.45, 2.75) is 26.4 Å². The number of amides is 1. The molecule has 0 radical (unpaired) electrons. The molecule has 0 aliphatic carbocycles. The van der Waals surface area contributed by atoms with Gasteiger partial charge < -0.3 is 14.6 Å². The highest BCUT2D eigenvalue weighted by atomic mass is 16.6. The van der Waals surface area contributed by atoms with E-state index in [4.69, 9.17) is 9.84 Å². The molecule has 0 aromatic heterocycles. The summed E-state index contributed by atoms with van der Waals surface area (Å²) in [6.07, 6.45) is -0.697. The summed E-state index contributed by atoms with van der Waals surface area (Å²) < 4.78 is 9.61. The van der Waals surface area contributed by atoms with E-state index in [1.165, 1.54) is 18.2 Å². The third-order valence-corrected chi connectivity index (χ3v) is 2.03. The molecule has 0 heterocycles. The first-order valence-electron chi connectivity index (χ1n) is 5.70. The van der Waals surface area contributed by atoms with E-state index in [0.717, 1.165) is 0 Å². The normalized spacial score (nSPS) is 10.6. The number of carbonyl (C=O) groups excluding carboxylic acids is 2. The van der Waals surface area contributed by atoms with E-state index in [9.17, 15) is 14.4 Å². The summed E-state index contributed by atoms with van der Waals surface area (Å²) in [5.74, 6) is -1.41. The Morgan fingerprint density at radius 3 is 2.45 bits per heavy atom. The molecule has 108 valence electrons. The number of carboxylic acids is 1. The van der Waals surface area contributed by atoms with E-state index in [-0.39, 0.29) is 23.5 Å². The van der Waals surface area contributed by atoms with Gasteiger partial charge in [0.15, 0.2) is 0 Å². The minimum Gasteiger partial charge on any atom is -0.478 e. The summed E-state index contributed by atoms with van der Waals surface area (Å²) in [5.41, 5.74) is -0.597. The molecule has 0 bridgehead atoms. The highest BCUT2D eigenvalue weighted by Crippen LogP contribution is 2.23. The monoisotopic (exact) mass is 281 g/mol. The van der Waals surface area contributed by atoms with Gasteiger partial charge in [-0.15, -0.1) is 0 Å². The molecular formula is C13H15NO6. The van der Waals surface area contributed by atoms with Gasteiger partial charge in [0.2, 0.25) is 0 Å². The van der Waals surface area contributed by atoms with Gasteiger partial charge >= 0.3 is 12.1 Å². The molecule has 0 fully saturated rings. The molecule has 1 aromatic rings. The van der Waals surface area contributed by atoms with Crippen LogP contribution in [-0.2, 0) is 9.53 Å². The maximum Gasteiger partial charge on any atom is 0.412 e. The molecule has 0 atom stereocenters. The number of nitrogens with one attached hydrogen (secondary N) is 1. The lowest BCUT2D eigenvalue weighted by Crippen LogP contribution is -2.27. The number of aromatic carboxylic acids is 1. The first kappa shape index (κ1) is 15.5. The standard InChI is InChI=1S/C13H15NO6/c1-13(2,3)20-12(18)14-8-4-5-9(11(16)17)10(6-8)19-7-15/h4-7H,1-3H3,(H,14,18)(H,16,17). The fourth-order valence-corrected chi connectivity index (χ4v) is 1.35. The largest absolute Gasteiger partial charge is 0.478 e. The van der Waals surface area contributed by atoms with Crippen molar-refractivity contribution in [3.63, 3.8) is 0 Å². The number of benzene rings is 1. The molecule has 0 aliphatic rings. The van der Waals surface area contributed by atoms with Gasteiger partial charge in [0.1, 0.15) is 16.9 Å². The minimum absolute atomic E-state index is 0.110. The predicted molar refractivity (Wildman–Crippen MR) is 70.0 cm³/mol. The zero-order chi connectivity index (χ0) is 15.3. The second-order valence-electron chi connectivity index (χ2n) is 4.86. The zero-order valence-corrected chi connectivity index (χ0v) is 11.3. The molecule has 1 amide bonds. The van der Waals surface area contributed by atoms with Crippen LogP contribution in [0.1, 0.15) is 31.1 Å². The lowest BCUT2D eigenvalue weighted by Gasteiger charge is -2.19. The number of ether oxygens (including phenoxy) is 2. The van der Waals surface area contributed by atoms with Crippen LogP contribution < -0.4 is 10.1 Å². The number of hydrogen-bond acceptors (Lipinski definition) is 5. The van der Waals surface area contributed by atoms with Gasteiger partial charge in [0.05, 0.1) is 0 Å². The quantitative estimate of drug-likeness (QED) is 0.821. The number of rotatable bonds is 4. The fraction of sp³-hybridized carbons (Fsp3) is 0.308. The summed E-state index contributed by atoms with van der Waals surface area (Å²) >= 11 is 0. The molecule has 2 N–H and O–H groups in total. The van der Waals surface area contributed by atoms with Crippen molar-refractivity contribution in [2.24, 2.45) is 0 Å². The van der Waals surface area contributed by atoms with Crippen LogP contribution in [0.15, 0.2) is 18.2 Å². The van der Waals surface area contributed by atoms with Crippen molar-refractivity contribution in [3.8, 4) is 5.75 Å². The third kappa shape index (κ3) is 4.60. The Morgan fingerprint density at radius 2 is 1.95 bits per heavy atom. The van der Waals surface area contributed by atoms with Crippen LogP contribution in [0, 0.1) is 0 Å². The molecule has 1 rings (SSSR count). The second kappa shape index (κ2) is 6.05. The second-order valence-corrected chi connectivity index (χ2v) is 4.86. The predicted octanol–water partition coefficient (Wildman–Crippen LogP) is 2.27. The Morgan fingerprint density at radius 1 is 1.30 bits per heavy atom. The smallest absolute Gasteiger partial charge is 0.412 e. The van der Waals surface area contributed by atoms with Crippen molar-refractivity contribution < 1.29 is 29.0 Å². The van der Waals surface area contributed by atoms with Gasteiger partial charge in [-0.05, 0) is 32.9 Å². The molecule has 7 nitrogen and oxygen atoms in total. The van der Waals surface area contributed by atoms with Crippen LogP contribution in [0.5, 0.6) is 5.75 Å². The molecular weight excluding hydrogens is 266 g/mol. The molecule has 20 heavy (non-hydrogen) atoms. The Balaban J connectivity index is 2.92. The maximum absolute atomic E-state index is 11.6. The van der Waals surface area contributed by atoms with E-state index in [0.29, 0.717) is 0 Å². The van der Waals surface area contributed by atoms with E-state index in [1.54, 1.807) is 20.8 Å². The average molecular weight is 281 g/mol. The van der Waals surface area contributed by atoms with Crippen molar-refractivity contribution >= 4 is 24.2 Å². The third-order valence-electron chi connectivity index (χ3n) is 2.03. The Hall–Kier alpha value is -2.57. The van der Waals surface area contributed by atoms with Crippen LogP contribution in [-0.4, -0.2) is 29.2 Å². The minimum atomic E-state index is -1.24. The van der Waals surface area contributed by atoms with Crippen LogP contribution in [0.4, 0.5) is 10.5 Å². The highest BCUT2D eigenvalue weighted by molar-refractivity contribution is 5.93. The van der Waals surface area contributed by atoms with Gasteiger partial charge in [-0.2, -0.15) is 0 Å². The van der Waals surface area contributed by atoms with E-state index < -0.39 is 17.7 Å². The first-order valence-corrected chi connectivity index (χ1v) is 5.70. The number of carbonyl (C=O) groups is 3. The molecule has 0 spiro atoms. The van der Waals surface area contributed by atoms with Crippen LogP contribution >= 0.6 is 0 Å². The number of carboxylic acid groups (broad SMARTS) is 1. The number of hydrogen-bond donors (Lipinski definition) is 2. The highest BCUT2D eigenvalue weighted by Gasteiger charge is 2.17. The average Bonchev–Trinajstić information content (AvgIpc) is 2.26. The maximum atomic E-state index is 11.6. The summed E-state index contributed by atoms with van der Waals surface area (Å²) in [6.45, 7) is 5.24. The Labute approximate surface area is 115 Å². The van der Waals surface area contributed by atoms with Crippen molar-refractivity contribution in [2.75, 3.05) is 5.32 Å². The summed E-state index contributed by atoms with van der Waals surface area (Å²) in [6, 6.07) is 3.81. The van der Waals surface area contributed by atoms with Gasteiger partial charge in [-0.3, -0.25) is 10.1 Å². The molecule has 1 aromatic carbocycles. The summed E-state index contributed by atoms with van der Waals surface area (Å²) in [4.78, 5) is 32.8. The van der Waals surface area contributed by atoms with E-state index in [2.05, 4.69) is 10.1 Å². The molecule has 0 aliphatic heterocycles. The number of anilines is 1. The van der Waals surface area contributed by atoms with Gasteiger partial charge in [0, 0.05) is 11.8 Å². The van der Waals surface area contributed by atoms with Gasteiger partial charge in [-0.25, -0.2) is 9.59 Å². The van der Waals surface area contributed by atoms with Crippen LogP contribution in [0.2, 0.25) is 0 Å². The lowest BCUT2D eigenvalue weighted by atomic mass is 10.2. The van der Waals surface area contributed by atoms with Gasteiger partial charge in [0.25, 0.3) is 6.47 Å². The summed E-state index contributed by atoms with van der Waals surface area (Å²) in [7, 11) is 0. The molecule has 0 saturated heterocycles. The lowest BCUT2D eigenvalue weighted by molar-refractivity contribution is -0.120. The van der Waals surface area contributed by atoms with Crippen LogP contribution in [0.25, 0.3) is 0 Å². The van der Waals surface area contributed by atoms with E-state index in [1.807, 2.05) is 0 Å². The first-order chi connectivity index (χ1) is 9.23. The Bertz CT molecular complexity index is 532.